The van der Waals surface area contributed by atoms with Crippen LogP contribution in [0.15, 0.2) is 77.4 Å². The summed E-state index contributed by atoms with van der Waals surface area (Å²) in [5, 5.41) is 4.17. The summed E-state index contributed by atoms with van der Waals surface area (Å²) in [6.07, 6.45) is 2.51. The Morgan fingerprint density at radius 1 is 0.862 bits per heavy atom. The minimum absolute atomic E-state index is 0.140. The Labute approximate surface area is 170 Å². The number of carbonyl (C=O) groups excluding carboxylic acids is 1. The van der Waals surface area contributed by atoms with E-state index in [1.54, 1.807) is 0 Å². The average Bonchev–Trinajstić information content (AvgIpc) is 3.09. The molecule has 0 saturated carbocycles. The van der Waals surface area contributed by atoms with Crippen LogP contribution in [0.5, 0.6) is 0 Å². The van der Waals surface area contributed by atoms with E-state index >= 15 is 0 Å². The van der Waals surface area contributed by atoms with Gasteiger partial charge in [0.25, 0.3) is 0 Å². The Bertz CT molecular complexity index is 1130. The molecule has 144 valence electrons. The van der Waals surface area contributed by atoms with Gasteiger partial charge in [0.05, 0.1) is 0 Å². The first-order chi connectivity index (χ1) is 14.1. The molecule has 4 heteroatoms. The third-order valence-electron chi connectivity index (χ3n) is 4.99. The molecule has 0 amide bonds. The molecule has 2 aromatic carbocycles. The van der Waals surface area contributed by atoms with Gasteiger partial charge in [0.15, 0.2) is 0 Å². The van der Waals surface area contributed by atoms with E-state index in [4.69, 9.17) is 4.52 Å². The molecule has 0 saturated heterocycles. The van der Waals surface area contributed by atoms with Crippen molar-refractivity contribution in [2.45, 2.75) is 26.7 Å². The molecule has 0 radical (unpaired) electrons. The normalized spacial score (nSPS) is 10.8. The number of ketones is 1. The second kappa shape index (κ2) is 8.23. The smallest absolute Gasteiger partial charge is 0.141 e. The van der Waals surface area contributed by atoms with Gasteiger partial charge in [-0.05, 0) is 42.7 Å². The Kier molecular flexibility index (Phi) is 5.34. The van der Waals surface area contributed by atoms with Crippen LogP contribution in [0.3, 0.4) is 0 Å². The van der Waals surface area contributed by atoms with Crippen molar-refractivity contribution >= 4 is 5.78 Å². The number of pyridine rings is 1. The first-order valence-electron chi connectivity index (χ1n) is 9.64. The minimum atomic E-state index is 0.140. The Morgan fingerprint density at radius 3 is 2.34 bits per heavy atom. The summed E-state index contributed by atoms with van der Waals surface area (Å²) in [5.74, 6) is 0.835. The molecule has 2 heterocycles. The summed E-state index contributed by atoms with van der Waals surface area (Å²) in [6, 6.07) is 22.0. The average molecular weight is 382 g/mol. The van der Waals surface area contributed by atoms with Crippen LogP contribution in [0.4, 0.5) is 0 Å². The van der Waals surface area contributed by atoms with E-state index in [1.807, 2.05) is 68.6 Å². The summed E-state index contributed by atoms with van der Waals surface area (Å²) >= 11 is 0. The SMILES string of the molecule is Cc1cc(-c2ccc(CC(=O)Cc3c(-c4ccccc4)noc3C)cc2)ccn1. The number of aryl methyl sites for hydroxylation is 2. The van der Waals surface area contributed by atoms with Crippen molar-refractivity contribution in [3.63, 3.8) is 0 Å². The van der Waals surface area contributed by atoms with Crippen molar-refractivity contribution in [2.24, 2.45) is 0 Å². The van der Waals surface area contributed by atoms with Gasteiger partial charge in [0, 0.05) is 35.9 Å². The van der Waals surface area contributed by atoms with Crippen LogP contribution < -0.4 is 0 Å². The standard InChI is InChI=1S/C25H22N2O2/c1-17-14-22(12-13-26-17)20-10-8-19(9-11-20)15-23(28)16-24-18(2)29-27-25(24)21-6-4-3-5-7-21/h3-14H,15-16H2,1-2H3. The predicted octanol–water partition coefficient (Wildman–Crippen LogP) is 5.37. The second-order valence-electron chi connectivity index (χ2n) is 7.21. The number of rotatable bonds is 6. The van der Waals surface area contributed by atoms with E-state index in [9.17, 15) is 4.79 Å². The molecule has 0 atom stereocenters. The fourth-order valence-electron chi connectivity index (χ4n) is 3.45. The quantitative estimate of drug-likeness (QED) is 0.449. The minimum Gasteiger partial charge on any atom is -0.361 e. The van der Waals surface area contributed by atoms with Gasteiger partial charge in [0.1, 0.15) is 17.2 Å². The van der Waals surface area contributed by atoms with Crippen LogP contribution in [0.2, 0.25) is 0 Å². The number of nitrogens with zero attached hydrogens (tertiary/aromatic N) is 2. The lowest BCUT2D eigenvalue weighted by atomic mass is 9.97. The summed E-state index contributed by atoms with van der Waals surface area (Å²) < 4.78 is 5.37. The van der Waals surface area contributed by atoms with Crippen molar-refractivity contribution in [1.29, 1.82) is 0 Å². The topological polar surface area (TPSA) is 56.0 Å². The number of carbonyl (C=O) groups is 1. The van der Waals surface area contributed by atoms with Crippen molar-refractivity contribution in [1.82, 2.24) is 10.1 Å². The first kappa shape index (κ1) is 18.8. The first-order valence-corrected chi connectivity index (χ1v) is 9.64. The van der Waals surface area contributed by atoms with Gasteiger partial charge in [0.2, 0.25) is 0 Å². The summed E-state index contributed by atoms with van der Waals surface area (Å²) in [5.41, 5.74) is 6.81. The molecule has 0 fully saturated rings. The molecule has 29 heavy (non-hydrogen) atoms. The zero-order valence-corrected chi connectivity index (χ0v) is 16.6. The van der Waals surface area contributed by atoms with Gasteiger partial charge in [-0.15, -0.1) is 0 Å². The second-order valence-corrected chi connectivity index (χ2v) is 7.21. The summed E-state index contributed by atoms with van der Waals surface area (Å²) in [4.78, 5) is 17.0. The van der Waals surface area contributed by atoms with Gasteiger partial charge < -0.3 is 4.52 Å². The highest BCUT2D eigenvalue weighted by Crippen LogP contribution is 2.26. The van der Waals surface area contributed by atoms with Crippen molar-refractivity contribution in [3.8, 4) is 22.4 Å². The van der Waals surface area contributed by atoms with Crippen LogP contribution in [-0.2, 0) is 17.6 Å². The maximum Gasteiger partial charge on any atom is 0.141 e. The van der Waals surface area contributed by atoms with Gasteiger partial charge in [-0.1, -0.05) is 59.8 Å². The maximum atomic E-state index is 12.7. The molecular weight excluding hydrogens is 360 g/mol. The van der Waals surface area contributed by atoms with Crippen LogP contribution in [0.25, 0.3) is 22.4 Å². The van der Waals surface area contributed by atoms with Crippen LogP contribution in [-0.4, -0.2) is 15.9 Å². The van der Waals surface area contributed by atoms with E-state index < -0.39 is 0 Å². The van der Waals surface area contributed by atoms with E-state index in [-0.39, 0.29) is 5.78 Å². The number of benzene rings is 2. The third-order valence-corrected chi connectivity index (χ3v) is 4.99. The molecule has 0 N–H and O–H groups in total. The van der Waals surface area contributed by atoms with Gasteiger partial charge in [-0.2, -0.15) is 0 Å². The van der Waals surface area contributed by atoms with Crippen LogP contribution in [0, 0.1) is 13.8 Å². The number of hydrogen-bond acceptors (Lipinski definition) is 4. The molecular formula is C25H22N2O2. The van der Waals surface area contributed by atoms with Gasteiger partial charge in [-0.25, -0.2) is 0 Å². The molecule has 4 rings (SSSR count). The molecule has 0 bridgehead atoms. The molecule has 0 unspecified atom stereocenters. The van der Waals surface area contributed by atoms with Crippen LogP contribution >= 0.6 is 0 Å². The fourth-order valence-corrected chi connectivity index (χ4v) is 3.45. The molecule has 0 aliphatic rings. The number of aromatic nitrogens is 2. The van der Waals surface area contributed by atoms with Crippen LogP contribution in [0.1, 0.15) is 22.6 Å². The monoisotopic (exact) mass is 382 g/mol. The van der Waals surface area contributed by atoms with Crippen molar-refractivity contribution < 1.29 is 9.32 Å². The lowest BCUT2D eigenvalue weighted by Crippen LogP contribution is -2.07. The van der Waals surface area contributed by atoms with E-state index in [2.05, 4.69) is 28.3 Å². The zero-order valence-electron chi connectivity index (χ0n) is 16.6. The Hall–Kier alpha value is -3.53. The summed E-state index contributed by atoms with van der Waals surface area (Å²) in [7, 11) is 0. The van der Waals surface area contributed by atoms with Gasteiger partial charge in [-0.3, -0.25) is 9.78 Å². The highest BCUT2D eigenvalue weighted by Gasteiger charge is 2.18. The lowest BCUT2D eigenvalue weighted by Gasteiger charge is -2.06. The molecule has 0 aliphatic carbocycles. The number of Topliss-reactive ketones (excluding diaryl/α,β-unsaturated/α-hetero) is 1. The number of hydrogen-bond donors (Lipinski definition) is 0. The van der Waals surface area contributed by atoms with E-state index in [1.165, 1.54) is 0 Å². The highest BCUT2D eigenvalue weighted by atomic mass is 16.5. The molecule has 0 spiro atoms. The summed E-state index contributed by atoms with van der Waals surface area (Å²) in [6.45, 7) is 3.83. The zero-order chi connectivity index (χ0) is 20.2. The fraction of sp³-hybridized carbons (Fsp3) is 0.160. The Morgan fingerprint density at radius 2 is 1.62 bits per heavy atom. The van der Waals surface area contributed by atoms with Crippen molar-refractivity contribution in [3.05, 3.63) is 95.5 Å². The molecule has 0 aliphatic heterocycles. The molecule has 4 aromatic rings. The third kappa shape index (κ3) is 4.32. The Balaban J connectivity index is 1.48. The molecule has 4 nitrogen and oxygen atoms in total. The predicted molar refractivity (Wildman–Crippen MR) is 114 cm³/mol. The van der Waals surface area contributed by atoms with Crippen molar-refractivity contribution in [2.75, 3.05) is 0 Å². The lowest BCUT2D eigenvalue weighted by molar-refractivity contribution is -0.117. The van der Waals surface area contributed by atoms with Gasteiger partial charge >= 0.3 is 0 Å². The van der Waals surface area contributed by atoms with E-state index in [0.717, 1.165) is 39.2 Å². The highest BCUT2D eigenvalue weighted by molar-refractivity contribution is 5.85. The van der Waals surface area contributed by atoms with E-state index in [0.29, 0.717) is 18.6 Å². The largest absolute Gasteiger partial charge is 0.361 e. The molecule has 2 aromatic heterocycles. The maximum absolute atomic E-state index is 12.7.